The van der Waals surface area contributed by atoms with Crippen LogP contribution in [0.25, 0.3) is 0 Å². The molecule has 4 aromatic rings. The second kappa shape index (κ2) is 18.3. The summed E-state index contributed by atoms with van der Waals surface area (Å²) in [6, 6.07) is 18.0. The van der Waals surface area contributed by atoms with E-state index in [-0.39, 0.29) is 34.3 Å². The molecule has 0 aromatic heterocycles. The third-order valence-electron chi connectivity index (χ3n) is 10.0. The van der Waals surface area contributed by atoms with E-state index in [2.05, 4.69) is 0 Å². The molecule has 0 saturated heterocycles. The molecule has 0 spiro atoms. The molecule has 0 N–H and O–H groups in total. The topological polar surface area (TPSA) is 0 Å². The smallest absolute Gasteiger partial charge is 0.166 e. The Bertz CT molecular complexity index is 1660. The Morgan fingerprint density at radius 2 is 0.691 bits per heavy atom. The molecule has 0 nitrogen and oxygen atoms in total. The fraction of sp³-hybridized carbons (Fsp3) is 0.400. The number of rotatable bonds is 7. The Kier molecular flexibility index (Phi) is 15.0. The van der Waals surface area contributed by atoms with Crippen LogP contribution in [0, 0.1) is 5.92 Å². The van der Waals surface area contributed by atoms with Crippen LogP contribution in [0.2, 0.25) is 0 Å². The molecule has 0 heterocycles. The van der Waals surface area contributed by atoms with Gasteiger partial charge in [-0.2, -0.15) is 52.7 Å². The van der Waals surface area contributed by atoms with Gasteiger partial charge >= 0.3 is 24.7 Å². The SMILES string of the molecule is C1CCCC1.CC(C1CCCC1P(c1ccc(C(F)(F)F)cc1)c1ccc(C(F)(F)F)cc1)P(c1ccc(C(F)(F)F)cc1)c1ccc(C(F)(F)F)cc1.[Fe]. The van der Waals surface area contributed by atoms with Gasteiger partial charge in [-0.15, -0.1) is 0 Å². The van der Waals surface area contributed by atoms with Crippen molar-refractivity contribution in [2.24, 2.45) is 5.92 Å². The summed E-state index contributed by atoms with van der Waals surface area (Å²) in [5.74, 6) is -0.216. The van der Waals surface area contributed by atoms with E-state index < -0.39 is 62.8 Å². The Morgan fingerprint density at radius 3 is 0.964 bits per heavy atom. The Labute approximate surface area is 325 Å². The number of halogens is 12. The van der Waals surface area contributed by atoms with E-state index in [0.717, 1.165) is 48.5 Å². The molecule has 0 bridgehead atoms. The summed E-state index contributed by atoms with van der Waals surface area (Å²) in [5.41, 5.74) is -4.15. The van der Waals surface area contributed by atoms with Crippen molar-refractivity contribution >= 4 is 37.1 Å². The molecule has 0 amide bonds. The quantitative estimate of drug-likeness (QED) is 0.0986. The molecule has 4 aromatic carbocycles. The second-order valence-electron chi connectivity index (χ2n) is 13.6. The Hall–Kier alpha value is -2.58. The summed E-state index contributed by atoms with van der Waals surface area (Å²) in [6.07, 6.45) is -9.10. The van der Waals surface area contributed by atoms with Crippen molar-refractivity contribution in [3.8, 4) is 0 Å². The summed E-state index contributed by atoms with van der Waals surface area (Å²) in [6.45, 7) is 1.87. The van der Waals surface area contributed by atoms with Gasteiger partial charge in [-0.05, 0) is 116 Å². The standard InChI is InChI=1S/C35H28F12P2.C5H10.Fe/c1-21(48(26-13-5-22(6-14-26)32(36,37)38)27-15-7-23(8-16-27)33(39,40)41)30-3-2-4-31(30)49(28-17-9-24(10-18-28)34(42,43)44)29-19-11-25(12-20-29)35(45,46)47;1-2-4-5-3-1;/h5-21,30-31H,2-4H2,1H3;1-5H2;. The Morgan fingerprint density at radius 1 is 0.418 bits per heavy atom. The first-order valence-corrected chi connectivity index (χ1v) is 20.3. The zero-order valence-electron chi connectivity index (χ0n) is 29.4. The first-order valence-electron chi connectivity index (χ1n) is 17.5. The fourth-order valence-corrected chi connectivity index (χ4v) is 13.6. The van der Waals surface area contributed by atoms with E-state index in [1.807, 2.05) is 6.92 Å². The average molecular weight is 865 g/mol. The van der Waals surface area contributed by atoms with E-state index >= 15 is 0 Å². The van der Waals surface area contributed by atoms with Gasteiger partial charge in [0, 0.05) is 17.1 Å². The van der Waals surface area contributed by atoms with Crippen molar-refractivity contribution < 1.29 is 69.8 Å². The summed E-state index contributed by atoms with van der Waals surface area (Å²) in [5, 5.41) is 2.02. The zero-order valence-corrected chi connectivity index (χ0v) is 32.3. The third kappa shape index (κ3) is 11.5. The largest absolute Gasteiger partial charge is 0.416 e. The van der Waals surface area contributed by atoms with Crippen LogP contribution >= 0.6 is 15.8 Å². The third-order valence-corrected chi connectivity index (χ3v) is 16.0. The van der Waals surface area contributed by atoms with Crippen LogP contribution in [0.15, 0.2) is 97.1 Å². The maximum Gasteiger partial charge on any atom is 0.416 e. The van der Waals surface area contributed by atoms with Gasteiger partial charge in [0.2, 0.25) is 0 Å². The maximum absolute atomic E-state index is 13.4. The molecule has 6 rings (SSSR count). The van der Waals surface area contributed by atoms with E-state index in [1.165, 1.54) is 80.6 Å². The minimum atomic E-state index is -4.61. The van der Waals surface area contributed by atoms with E-state index in [1.54, 1.807) is 0 Å². The normalized spacial score (nSPS) is 18.5. The first kappa shape index (κ1) is 45.1. The van der Waals surface area contributed by atoms with Crippen LogP contribution < -0.4 is 21.2 Å². The van der Waals surface area contributed by atoms with E-state index in [0.29, 0.717) is 40.5 Å². The van der Waals surface area contributed by atoms with Crippen LogP contribution in [0.3, 0.4) is 0 Å². The van der Waals surface area contributed by atoms with E-state index in [4.69, 9.17) is 0 Å². The predicted molar refractivity (Wildman–Crippen MR) is 192 cm³/mol. The molecular formula is C40H38F12FeP2. The number of hydrogen-bond donors (Lipinski definition) is 0. The van der Waals surface area contributed by atoms with Crippen LogP contribution in [0.5, 0.6) is 0 Å². The molecule has 2 saturated carbocycles. The van der Waals surface area contributed by atoms with Gasteiger partial charge in [0.25, 0.3) is 0 Å². The molecule has 2 aliphatic rings. The number of benzene rings is 4. The molecule has 0 radical (unpaired) electrons. The predicted octanol–water partition coefficient (Wildman–Crippen LogP) is 12.8. The van der Waals surface area contributed by atoms with E-state index in [9.17, 15) is 52.7 Å². The van der Waals surface area contributed by atoms with Crippen molar-refractivity contribution in [3.63, 3.8) is 0 Å². The van der Waals surface area contributed by atoms with Crippen molar-refractivity contribution in [2.75, 3.05) is 0 Å². The minimum Gasteiger partial charge on any atom is -0.166 e. The zero-order chi connectivity index (χ0) is 39.5. The van der Waals surface area contributed by atoms with Crippen LogP contribution in [0.4, 0.5) is 52.7 Å². The van der Waals surface area contributed by atoms with Crippen molar-refractivity contribution in [2.45, 2.75) is 94.3 Å². The van der Waals surface area contributed by atoms with Gasteiger partial charge in [-0.1, -0.05) is 94.0 Å². The summed E-state index contributed by atoms with van der Waals surface area (Å²) in [4.78, 5) is 0. The van der Waals surface area contributed by atoms with Gasteiger partial charge in [0.05, 0.1) is 22.3 Å². The minimum absolute atomic E-state index is 0. The van der Waals surface area contributed by atoms with Gasteiger partial charge in [0.15, 0.2) is 0 Å². The molecular weight excluding hydrogens is 826 g/mol. The molecule has 2 aliphatic carbocycles. The summed E-state index contributed by atoms with van der Waals surface area (Å²) in [7, 11) is -3.12. The molecule has 0 aliphatic heterocycles. The summed E-state index contributed by atoms with van der Waals surface area (Å²) < 4.78 is 161. The monoisotopic (exact) mass is 864 g/mol. The molecule has 55 heavy (non-hydrogen) atoms. The van der Waals surface area contributed by atoms with Crippen LogP contribution in [-0.2, 0) is 41.8 Å². The van der Waals surface area contributed by atoms with Crippen molar-refractivity contribution in [3.05, 3.63) is 119 Å². The van der Waals surface area contributed by atoms with Crippen molar-refractivity contribution in [1.29, 1.82) is 0 Å². The molecule has 2 fully saturated rings. The van der Waals surface area contributed by atoms with Gasteiger partial charge in [0.1, 0.15) is 0 Å². The molecule has 3 atom stereocenters. The number of alkyl halides is 12. The molecule has 300 valence electrons. The van der Waals surface area contributed by atoms with Crippen molar-refractivity contribution in [1.82, 2.24) is 0 Å². The maximum atomic E-state index is 13.4. The van der Waals surface area contributed by atoms with Gasteiger partial charge < -0.3 is 0 Å². The number of hydrogen-bond acceptors (Lipinski definition) is 0. The van der Waals surface area contributed by atoms with Gasteiger partial charge in [-0.25, -0.2) is 0 Å². The van der Waals surface area contributed by atoms with Gasteiger partial charge in [-0.3, -0.25) is 0 Å². The fourth-order valence-electron chi connectivity index (χ4n) is 7.32. The summed E-state index contributed by atoms with van der Waals surface area (Å²) >= 11 is 0. The van der Waals surface area contributed by atoms with Crippen LogP contribution in [-0.4, -0.2) is 11.3 Å². The first-order chi connectivity index (χ1) is 25.2. The average Bonchev–Trinajstić information content (AvgIpc) is 3.85. The van der Waals surface area contributed by atoms with Crippen LogP contribution in [0.1, 0.15) is 80.5 Å². The Balaban J connectivity index is 0.00000104. The molecule has 15 heteroatoms. The molecule has 3 unspecified atom stereocenters. The second-order valence-corrected chi connectivity index (χ2v) is 18.6.